The van der Waals surface area contributed by atoms with Crippen LogP contribution in [0.4, 0.5) is 10.5 Å². The molecule has 0 saturated carbocycles. The molecule has 106 valence electrons. The maximum absolute atomic E-state index is 11.6. The fourth-order valence-corrected chi connectivity index (χ4v) is 1.89. The number of hydrazine groups is 1. The molecule has 1 unspecified atom stereocenters. The highest BCUT2D eigenvalue weighted by atomic mass is 16.3. The molecule has 0 aliphatic rings. The first-order valence-corrected chi connectivity index (χ1v) is 6.42. The maximum atomic E-state index is 11.6. The number of aliphatic hydroxyl groups is 1. The third kappa shape index (κ3) is 6.67. The molecule has 0 radical (unpaired) electrons. The van der Waals surface area contributed by atoms with Gasteiger partial charge in [0.1, 0.15) is 0 Å². The summed E-state index contributed by atoms with van der Waals surface area (Å²) >= 11 is 0. The smallest absolute Gasteiger partial charge is 0.333 e. The van der Waals surface area contributed by atoms with Crippen molar-refractivity contribution >= 4 is 11.7 Å². The summed E-state index contributed by atoms with van der Waals surface area (Å²) in [5, 5.41) is 12.1. The lowest BCUT2D eigenvalue weighted by molar-refractivity contribution is 0.129. The summed E-state index contributed by atoms with van der Waals surface area (Å²) in [5.41, 5.74) is 6.05. The summed E-state index contributed by atoms with van der Waals surface area (Å²) in [6.07, 6.45) is 0.265. The van der Waals surface area contributed by atoms with Gasteiger partial charge in [-0.2, -0.15) is 0 Å². The molecule has 0 spiro atoms. The molecule has 1 aromatic rings. The highest BCUT2D eigenvalue weighted by molar-refractivity contribution is 5.75. The molecule has 4 N–H and O–H groups in total. The number of nitrogens with one attached hydrogen (secondary N) is 3. The normalized spacial score (nSPS) is 12.6. The molecule has 19 heavy (non-hydrogen) atoms. The van der Waals surface area contributed by atoms with Crippen molar-refractivity contribution in [3.8, 4) is 0 Å². The van der Waals surface area contributed by atoms with E-state index in [0.717, 1.165) is 5.69 Å². The van der Waals surface area contributed by atoms with E-state index in [1.165, 1.54) is 0 Å². The van der Waals surface area contributed by atoms with Gasteiger partial charge in [0.05, 0.1) is 11.8 Å². The first kappa shape index (κ1) is 15.3. The van der Waals surface area contributed by atoms with Gasteiger partial charge in [-0.1, -0.05) is 32.0 Å². The summed E-state index contributed by atoms with van der Waals surface area (Å²) in [6, 6.07) is 9.10. The van der Waals surface area contributed by atoms with E-state index in [-0.39, 0.29) is 17.6 Å². The van der Waals surface area contributed by atoms with Crippen molar-refractivity contribution in [3.63, 3.8) is 0 Å². The quantitative estimate of drug-likeness (QED) is 0.595. The zero-order valence-electron chi connectivity index (χ0n) is 11.7. The van der Waals surface area contributed by atoms with Crippen molar-refractivity contribution in [1.29, 1.82) is 0 Å². The Bertz CT molecular complexity index is 391. The molecule has 0 heterocycles. The van der Waals surface area contributed by atoms with Crippen molar-refractivity contribution in [1.82, 2.24) is 10.7 Å². The van der Waals surface area contributed by atoms with Crippen LogP contribution in [0.25, 0.3) is 0 Å². The van der Waals surface area contributed by atoms with E-state index in [4.69, 9.17) is 0 Å². The van der Waals surface area contributed by atoms with Gasteiger partial charge < -0.3 is 10.4 Å². The Morgan fingerprint density at radius 2 is 1.95 bits per heavy atom. The summed E-state index contributed by atoms with van der Waals surface area (Å²) in [7, 11) is 0. The number of rotatable bonds is 6. The summed E-state index contributed by atoms with van der Waals surface area (Å²) in [6.45, 7) is 6.26. The van der Waals surface area contributed by atoms with Gasteiger partial charge in [0.15, 0.2) is 0 Å². The van der Waals surface area contributed by atoms with E-state index in [9.17, 15) is 9.90 Å². The number of carbonyl (C=O) groups excluding carboxylic acids is 1. The maximum Gasteiger partial charge on any atom is 0.333 e. The third-order valence-corrected chi connectivity index (χ3v) is 2.67. The van der Waals surface area contributed by atoms with Crippen LogP contribution in [-0.4, -0.2) is 23.8 Å². The van der Waals surface area contributed by atoms with Crippen LogP contribution in [0.5, 0.6) is 0 Å². The minimum absolute atomic E-state index is 0.141. The minimum atomic E-state index is -0.373. The topological polar surface area (TPSA) is 73.4 Å². The number of urea groups is 1. The molecule has 5 heteroatoms. The Hall–Kier alpha value is -1.75. The van der Waals surface area contributed by atoms with Crippen LogP contribution in [0.15, 0.2) is 30.3 Å². The highest BCUT2D eigenvalue weighted by Gasteiger charge is 2.20. The Morgan fingerprint density at radius 1 is 1.32 bits per heavy atom. The molecular weight excluding hydrogens is 242 g/mol. The van der Waals surface area contributed by atoms with Crippen LogP contribution in [0.3, 0.4) is 0 Å². The van der Waals surface area contributed by atoms with Crippen LogP contribution < -0.4 is 16.2 Å². The van der Waals surface area contributed by atoms with Gasteiger partial charge in [0.25, 0.3) is 0 Å². The number of aliphatic hydroxyl groups excluding tert-OH is 1. The Balaban J connectivity index is 2.28. The van der Waals surface area contributed by atoms with Gasteiger partial charge in [-0.3, -0.25) is 10.9 Å². The molecule has 0 bridgehead atoms. The molecule has 0 aromatic heterocycles. The lowest BCUT2D eigenvalue weighted by Gasteiger charge is -2.26. The van der Waals surface area contributed by atoms with Crippen molar-refractivity contribution < 1.29 is 9.90 Å². The van der Waals surface area contributed by atoms with E-state index in [1.807, 2.05) is 44.2 Å². The molecule has 2 amide bonds. The number of para-hydroxylation sites is 1. The fourth-order valence-electron chi connectivity index (χ4n) is 1.89. The van der Waals surface area contributed by atoms with E-state index in [0.29, 0.717) is 13.0 Å². The second-order valence-corrected chi connectivity index (χ2v) is 5.52. The second-order valence-electron chi connectivity index (χ2n) is 5.52. The van der Waals surface area contributed by atoms with Gasteiger partial charge in [-0.25, -0.2) is 4.79 Å². The minimum Gasteiger partial charge on any atom is -0.393 e. The van der Waals surface area contributed by atoms with Crippen molar-refractivity contribution in [3.05, 3.63) is 30.3 Å². The van der Waals surface area contributed by atoms with Crippen molar-refractivity contribution in [2.75, 3.05) is 12.0 Å². The van der Waals surface area contributed by atoms with E-state index in [2.05, 4.69) is 16.2 Å². The standard InChI is InChI=1S/C14H23N3O2/c1-11(18)9-14(2,3)10-15-13(19)17-16-12-7-5-4-6-8-12/h4-8,11,16,18H,9-10H2,1-3H3,(H2,15,17,19). The largest absolute Gasteiger partial charge is 0.393 e. The van der Waals surface area contributed by atoms with E-state index >= 15 is 0 Å². The van der Waals surface area contributed by atoms with Crippen LogP contribution >= 0.6 is 0 Å². The first-order chi connectivity index (χ1) is 8.89. The molecule has 0 aliphatic heterocycles. The highest BCUT2D eigenvalue weighted by Crippen LogP contribution is 2.20. The Kier molecular flexibility index (Phi) is 5.63. The van der Waals surface area contributed by atoms with Gasteiger partial charge in [-0.05, 0) is 30.9 Å². The lowest BCUT2D eigenvalue weighted by Crippen LogP contribution is -2.43. The average molecular weight is 265 g/mol. The van der Waals surface area contributed by atoms with Gasteiger partial charge >= 0.3 is 6.03 Å². The number of amides is 2. The summed E-state index contributed by atoms with van der Waals surface area (Å²) in [4.78, 5) is 11.6. The van der Waals surface area contributed by atoms with E-state index in [1.54, 1.807) is 6.92 Å². The zero-order chi connectivity index (χ0) is 14.3. The predicted octanol–water partition coefficient (Wildman–Crippen LogP) is 2.11. The van der Waals surface area contributed by atoms with Gasteiger partial charge in [0, 0.05) is 6.54 Å². The molecule has 1 aromatic carbocycles. The van der Waals surface area contributed by atoms with Crippen molar-refractivity contribution in [2.24, 2.45) is 5.41 Å². The van der Waals surface area contributed by atoms with Crippen LogP contribution in [0, 0.1) is 5.41 Å². The Morgan fingerprint density at radius 3 is 2.53 bits per heavy atom. The monoisotopic (exact) mass is 265 g/mol. The molecule has 0 saturated heterocycles. The van der Waals surface area contributed by atoms with Crippen LogP contribution in [0.2, 0.25) is 0 Å². The average Bonchev–Trinajstić information content (AvgIpc) is 2.34. The van der Waals surface area contributed by atoms with Crippen LogP contribution in [-0.2, 0) is 0 Å². The lowest BCUT2D eigenvalue weighted by atomic mass is 9.87. The fraction of sp³-hybridized carbons (Fsp3) is 0.500. The Labute approximate surface area is 114 Å². The summed E-state index contributed by atoms with van der Waals surface area (Å²) in [5.74, 6) is 0. The van der Waals surface area contributed by atoms with Crippen molar-refractivity contribution in [2.45, 2.75) is 33.3 Å². The zero-order valence-corrected chi connectivity index (χ0v) is 11.7. The number of anilines is 1. The summed E-state index contributed by atoms with van der Waals surface area (Å²) < 4.78 is 0. The third-order valence-electron chi connectivity index (χ3n) is 2.67. The molecule has 0 aliphatic carbocycles. The van der Waals surface area contributed by atoms with Gasteiger partial charge in [0.2, 0.25) is 0 Å². The number of hydrogen-bond acceptors (Lipinski definition) is 3. The molecule has 1 rings (SSSR count). The molecule has 5 nitrogen and oxygen atoms in total. The number of carbonyl (C=O) groups is 1. The molecular formula is C14H23N3O2. The molecule has 1 atom stereocenters. The van der Waals surface area contributed by atoms with E-state index < -0.39 is 0 Å². The molecule has 0 fully saturated rings. The first-order valence-electron chi connectivity index (χ1n) is 6.42. The predicted molar refractivity (Wildman–Crippen MR) is 76.7 cm³/mol. The van der Waals surface area contributed by atoms with Gasteiger partial charge in [-0.15, -0.1) is 0 Å². The number of benzene rings is 1. The number of hydrogen-bond donors (Lipinski definition) is 4. The second kappa shape index (κ2) is 6.99. The van der Waals surface area contributed by atoms with Crippen LogP contribution in [0.1, 0.15) is 27.2 Å². The SMILES string of the molecule is CC(O)CC(C)(C)CNC(=O)NNc1ccccc1.